The van der Waals surface area contributed by atoms with E-state index in [4.69, 9.17) is 14.2 Å². The molecule has 2 aliphatic rings. The Bertz CT molecular complexity index is 1210. The fourth-order valence-electron chi connectivity index (χ4n) is 3.46. The van der Waals surface area contributed by atoms with E-state index in [9.17, 15) is 23.3 Å². The number of aryl methyl sites for hydroxylation is 1. The van der Waals surface area contributed by atoms with E-state index in [0.717, 1.165) is 5.56 Å². The first-order valence-corrected chi connectivity index (χ1v) is 11.9. The average molecular weight is 490 g/mol. The van der Waals surface area contributed by atoms with Gasteiger partial charge >= 0.3 is 0 Å². The highest BCUT2D eigenvalue weighted by Gasteiger charge is 2.26. The molecule has 180 valence electrons. The number of fused-ring (bicyclic) bond motifs is 1. The lowest BCUT2D eigenvalue weighted by molar-refractivity contribution is -0.385. The summed E-state index contributed by atoms with van der Waals surface area (Å²) in [7, 11) is -3.57. The Hall–Kier alpha value is -3.55. The van der Waals surface area contributed by atoms with E-state index < -0.39 is 20.9 Å². The second-order valence-corrected chi connectivity index (χ2v) is 9.41. The molecule has 34 heavy (non-hydrogen) atoms. The lowest BCUT2D eigenvalue weighted by Gasteiger charge is -2.26. The van der Waals surface area contributed by atoms with E-state index in [-0.39, 0.29) is 35.1 Å². The summed E-state index contributed by atoms with van der Waals surface area (Å²) >= 11 is 0. The lowest BCUT2D eigenvalue weighted by Crippen LogP contribution is -2.40. The van der Waals surface area contributed by atoms with Crippen molar-refractivity contribution in [1.29, 1.82) is 0 Å². The minimum atomic E-state index is -3.57. The van der Waals surface area contributed by atoms with E-state index in [0.29, 0.717) is 38.5 Å². The van der Waals surface area contributed by atoms with Crippen LogP contribution in [0.25, 0.3) is 0 Å². The first kappa shape index (κ1) is 23.6. The molecule has 0 saturated carbocycles. The second-order valence-electron chi connectivity index (χ2n) is 7.47. The molecule has 0 spiro atoms. The Labute approximate surface area is 195 Å². The van der Waals surface area contributed by atoms with Crippen molar-refractivity contribution >= 4 is 27.8 Å². The number of nitrogens with one attached hydrogen (secondary N) is 1. The van der Waals surface area contributed by atoms with E-state index in [1.54, 1.807) is 12.1 Å². The number of sulfonamides is 1. The highest BCUT2D eigenvalue weighted by atomic mass is 32.2. The fraction of sp³-hybridized carbons (Fsp3) is 0.333. The summed E-state index contributed by atoms with van der Waals surface area (Å²) < 4.78 is 42.3. The normalized spacial score (nSPS) is 16.0. The van der Waals surface area contributed by atoms with Gasteiger partial charge in [-0.2, -0.15) is 9.41 Å². The van der Waals surface area contributed by atoms with Crippen LogP contribution in [0.4, 0.5) is 5.69 Å². The quantitative estimate of drug-likeness (QED) is 0.332. The topological polar surface area (TPSA) is 150 Å². The maximum Gasteiger partial charge on any atom is 0.282 e. The zero-order valence-corrected chi connectivity index (χ0v) is 18.8. The van der Waals surface area contributed by atoms with Crippen molar-refractivity contribution in [1.82, 2.24) is 9.73 Å². The Balaban J connectivity index is 1.31. The van der Waals surface area contributed by atoms with Crippen molar-refractivity contribution in [2.75, 3.05) is 33.1 Å². The maximum absolute atomic E-state index is 12.7. The van der Waals surface area contributed by atoms with Gasteiger partial charge in [-0.1, -0.05) is 12.1 Å². The number of carbonyl (C=O) groups is 1. The van der Waals surface area contributed by atoms with Gasteiger partial charge in [-0.3, -0.25) is 14.9 Å². The number of hydrazone groups is 1. The Kier molecular flexibility index (Phi) is 7.05. The molecule has 1 fully saturated rings. The molecule has 2 aliphatic heterocycles. The molecule has 1 N–H and O–H groups in total. The van der Waals surface area contributed by atoms with Gasteiger partial charge in [0.1, 0.15) is 0 Å². The van der Waals surface area contributed by atoms with Gasteiger partial charge in [-0.25, -0.2) is 13.8 Å². The van der Waals surface area contributed by atoms with Gasteiger partial charge in [-0.05, 0) is 30.2 Å². The molecule has 13 heteroatoms. The molecule has 2 aromatic rings. The van der Waals surface area contributed by atoms with Crippen molar-refractivity contribution in [3.63, 3.8) is 0 Å². The number of nitro benzene ring substituents is 1. The number of nitro groups is 1. The molecule has 0 unspecified atom stereocenters. The van der Waals surface area contributed by atoms with Gasteiger partial charge in [0.05, 0.1) is 40.9 Å². The fourth-order valence-corrected chi connectivity index (χ4v) is 4.87. The molecule has 0 aliphatic carbocycles. The maximum atomic E-state index is 12.7. The molecule has 1 saturated heterocycles. The Morgan fingerprint density at radius 1 is 1.15 bits per heavy atom. The van der Waals surface area contributed by atoms with Crippen LogP contribution in [0.2, 0.25) is 0 Å². The number of morpholine rings is 1. The van der Waals surface area contributed by atoms with Crippen molar-refractivity contribution in [3.8, 4) is 11.5 Å². The average Bonchev–Trinajstić information content (AvgIpc) is 3.30. The summed E-state index contributed by atoms with van der Waals surface area (Å²) in [6, 6.07) is 9.04. The molecule has 12 nitrogen and oxygen atoms in total. The second kappa shape index (κ2) is 10.2. The Morgan fingerprint density at radius 2 is 1.82 bits per heavy atom. The van der Waals surface area contributed by atoms with Gasteiger partial charge in [0.25, 0.3) is 5.69 Å². The minimum absolute atomic E-state index is 0.0239. The first-order valence-electron chi connectivity index (χ1n) is 10.4. The largest absolute Gasteiger partial charge is 0.454 e. The molecule has 4 rings (SSSR count). The van der Waals surface area contributed by atoms with E-state index in [1.807, 2.05) is 0 Å². The molecular formula is C21H22N4O8S. The molecule has 0 bridgehead atoms. The third-order valence-electron chi connectivity index (χ3n) is 5.28. The number of carbonyl (C=O) groups excluding carboxylic acids is 1. The molecular weight excluding hydrogens is 468 g/mol. The van der Waals surface area contributed by atoms with Crippen LogP contribution in [0.1, 0.15) is 17.5 Å². The summed E-state index contributed by atoms with van der Waals surface area (Å²) in [5.41, 5.74) is 3.05. The number of hydrogen-bond acceptors (Lipinski definition) is 9. The van der Waals surface area contributed by atoms with Crippen LogP contribution in [0, 0.1) is 10.1 Å². The van der Waals surface area contributed by atoms with Crippen LogP contribution >= 0.6 is 0 Å². The smallest absolute Gasteiger partial charge is 0.282 e. The van der Waals surface area contributed by atoms with Gasteiger partial charge in [0, 0.05) is 19.5 Å². The molecule has 0 aromatic heterocycles. The van der Waals surface area contributed by atoms with Gasteiger partial charge in [-0.15, -0.1) is 0 Å². The molecule has 0 radical (unpaired) electrons. The lowest BCUT2D eigenvalue weighted by atomic mass is 10.1. The third kappa shape index (κ3) is 5.32. The van der Waals surface area contributed by atoms with Gasteiger partial charge < -0.3 is 14.2 Å². The minimum Gasteiger partial charge on any atom is -0.454 e. The Morgan fingerprint density at radius 3 is 2.50 bits per heavy atom. The predicted octanol–water partition coefficient (Wildman–Crippen LogP) is 1.43. The number of nitrogens with zero attached hydrogens (tertiary/aromatic N) is 3. The highest BCUT2D eigenvalue weighted by Crippen LogP contribution is 2.37. The molecule has 2 aromatic carbocycles. The number of ether oxygens (including phenoxy) is 3. The van der Waals surface area contributed by atoms with E-state index in [1.165, 1.54) is 34.8 Å². The zero-order chi connectivity index (χ0) is 24.1. The van der Waals surface area contributed by atoms with Crippen LogP contribution in [0.5, 0.6) is 11.5 Å². The van der Waals surface area contributed by atoms with Crippen molar-refractivity contribution in [2.24, 2.45) is 5.10 Å². The van der Waals surface area contributed by atoms with E-state index in [2.05, 4.69) is 10.5 Å². The van der Waals surface area contributed by atoms with Crippen molar-refractivity contribution in [2.45, 2.75) is 17.7 Å². The van der Waals surface area contributed by atoms with Gasteiger partial charge in [0.15, 0.2) is 11.5 Å². The summed E-state index contributed by atoms with van der Waals surface area (Å²) in [5, 5.41) is 15.1. The first-order chi connectivity index (χ1) is 16.3. The number of benzene rings is 2. The SMILES string of the molecule is O=C(CCc1ccc(S(=O)(=O)N2CCOCC2)cc1)NN=Cc1cc2c(cc1[N+](=O)[O-])OCO2. The number of hydrogen-bond donors (Lipinski definition) is 1. The van der Waals surface area contributed by atoms with Crippen LogP contribution in [-0.2, 0) is 26.0 Å². The summed E-state index contributed by atoms with van der Waals surface area (Å²) in [4.78, 5) is 23.0. The number of rotatable bonds is 8. The van der Waals surface area contributed by atoms with Crippen LogP contribution in [-0.4, -0.2) is 62.9 Å². The molecule has 2 heterocycles. The molecule has 0 atom stereocenters. The summed E-state index contributed by atoms with van der Waals surface area (Å²) in [6.45, 7) is 1.36. The third-order valence-corrected chi connectivity index (χ3v) is 7.20. The van der Waals surface area contributed by atoms with Crippen LogP contribution < -0.4 is 14.9 Å². The number of amides is 1. The summed E-state index contributed by atoms with van der Waals surface area (Å²) in [6.07, 6.45) is 1.63. The van der Waals surface area contributed by atoms with Crippen molar-refractivity contribution < 1.29 is 32.3 Å². The van der Waals surface area contributed by atoms with Crippen LogP contribution in [0.15, 0.2) is 46.4 Å². The summed E-state index contributed by atoms with van der Waals surface area (Å²) in [5.74, 6) is 0.235. The molecule has 1 amide bonds. The highest BCUT2D eigenvalue weighted by molar-refractivity contribution is 7.89. The standard InChI is InChI=1S/C21H22N4O8S/c26-21(23-22-13-16-11-19-20(33-14-32-19)12-18(16)25(27)28)6-3-15-1-4-17(5-2-15)34(29,30)24-7-9-31-10-8-24/h1-2,4-5,11-13H,3,6-10,14H2,(H,23,26). The monoisotopic (exact) mass is 490 g/mol. The zero-order valence-electron chi connectivity index (χ0n) is 18.0. The predicted molar refractivity (Wildman–Crippen MR) is 119 cm³/mol. The van der Waals surface area contributed by atoms with Crippen LogP contribution in [0.3, 0.4) is 0 Å². The van der Waals surface area contributed by atoms with Crippen molar-refractivity contribution in [3.05, 3.63) is 57.6 Å². The van der Waals surface area contributed by atoms with E-state index >= 15 is 0 Å². The van der Waals surface area contributed by atoms with Gasteiger partial charge in [0.2, 0.25) is 22.7 Å².